The summed E-state index contributed by atoms with van der Waals surface area (Å²) in [5.41, 5.74) is 0.163. The molecule has 0 saturated carbocycles. The summed E-state index contributed by atoms with van der Waals surface area (Å²) < 4.78 is 4.69. The van der Waals surface area contributed by atoms with Crippen molar-refractivity contribution in [3.63, 3.8) is 0 Å². The second-order valence-electron chi connectivity index (χ2n) is 2.04. The Bertz CT molecular complexity index is 358. The molecule has 66 valence electrons. The third-order valence-electron chi connectivity index (χ3n) is 1.14. The number of hydrogen-bond acceptors (Lipinski definition) is 5. The predicted molar refractivity (Wildman–Crippen MR) is 39.9 cm³/mol. The zero-order valence-corrected chi connectivity index (χ0v) is 6.47. The molecule has 6 heteroatoms. The Morgan fingerprint density at radius 2 is 2.54 bits per heavy atom. The minimum Gasteiger partial charge on any atom is -0.479 e. The van der Waals surface area contributed by atoms with E-state index in [2.05, 4.69) is 10.2 Å². The van der Waals surface area contributed by atoms with Crippen LogP contribution in [-0.2, 0) is 4.79 Å². The van der Waals surface area contributed by atoms with Crippen LogP contribution in [0.5, 0.6) is 5.88 Å². The highest BCUT2D eigenvalue weighted by Crippen LogP contribution is 2.10. The lowest BCUT2D eigenvalue weighted by Gasteiger charge is -2.00. The van der Waals surface area contributed by atoms with Crippen molar-refractivity contribution in [1.82, 2.24) is 10.2 Å². The first-order chi connectivity index (χ1) is 6.24. The van der Waals surface area contributed by atoms with Crippen molar-refractivity contribution in [1.29, 1.82) is 5.26 Å². The lowest BCUT2D eigenvalue weighted by molar-refractivity contribution is -0.139. The number of nitrogens with zero attached hydrogens (tertiary/aromatic N) is 3. The van der Waals surface area contributed by atoms with Gasteiger partial charge in [-0.15, -0.1) is 5.10 Å². The van der Waals surface area contributed by atoms with Gasteiger partial charge in [0.05, 0.1) is 6.20 Å². The Hall–Kier alpha value is -2.16. The predicted octanol–water partition coefficient (Wildman–Crippen LogP) is -0.188. The number of hydrogen-bond donors (Lipinski definition) is 1. The molecule has 6 nitrogen and oxygen atoms in total. The van der Waals surface area contributed by atoms with Gasteiger partial charge in [-0.1, -0.05) is 0 Å². The first-order valence-corrected chi connectivity index (χ1v) is 3.30. The summed E-state index contributed by atoms with van der Waals surface area (Å²) in [5, 5.41) is 23.7. The Morgan fingerprint density at radius 3 is 3.15 bits per heavy atom. The Morgan fingerprint density at radius 1 is 1.77 bits per heavy atom. The maximum atomic E-state index is 10.1. The van der Waals surface area contributed by atoms with E-state index in [0.717, 1.165) is 0 Å². The maximum Gasteiger partial charge on any atom is 0.341 e. The van der Waals surface area contributed by atoms with E-state index in [1.165, 1.54) is 12.3 Å². The van der Waals surface area contributed by atoms with Crippen LogP contribution in [0.2, 0.25) is 0 Å². The fourth-order valence-corrected chi connectivity index (χ4v) is 0.641. The molecule has 0 radical (unpaired) electrons. The van der Waals surface area contributed by atoms with Gasteiger partial charge in [0.1, 0.15) is 11.6 Å². The van der Waals surface area contributed by atoms with E-state index in [4.69, 9.17) is 15.1 Å². The molecule has 1 aromatic heterocycles. The zero-order chi connectivity index (χ0) is 9.68. The van der Waals surface area contributed by atoms with Gasteiger partial charge in [0.25, 0.3) is 5.88 Å². The molecule has 1 heterocycles. The van der Waals surface area contributed by atoms with E-state index >= 15 is 0 Å². The molecule has 0 aliphatic rings. The van der Waals surface area contributed by atoms with Gasteiger partial charge in [-0.2, -0.15) is 10.4 Å². The average molecular weight is 179 g/mol. The SMILES string of the molecule is N#Cc1ccnnc1OCC(=O)O. The summed E-state index contributed by atoms with van der Waals surface area (Å²) in [6.45, 7) is -0.534. The lowest BCUT2D eigenvalue weighted by Crippen LogP contribution is -2.11. The normalized spacial score (nSPS) is 8.85. The molecular weight excluding hydrogens is 174 g/mol. The molecule has 0 aromatic carbocycles. The molecule has 0 saturated heterocycles. The second-order valence-corrected chi connectivity index (χ2v) is 2.04. The number of carboxylic acid groups (broad SMARTS) is 1. The fourth-order valence-electron chi connectivity index (χ4n) is 0.641. The van der Waals surface area contributed by atoms with E-state index in [0.29, 0.717) is 0 Å². The van der Waals surface area contributed by atoms with Crippen molar-refractivity contribution in [2.24, 2.45) is 0 Å². The van der Waals surface area contributed by atoms with E-state index in [1.807, 2.05) is 0 Å². The molecule has 13 heavy (non-hydrogen) atoms. The molecule has 1 aromatic rings. The largest absolute Gasteiger partial charge is 0.479 e. The second kappa shape index (κ2) is 4.01. The van der Waals surface area contributed by atoms with E-state index in [9.17, 15) is 4.79 Å². The monoisotopic (exact) mass is 179 g/mol. The summed E-state index contributed by atoms with van der Waals surface area (Å²) in [4.78, 5) is 10.1. The summed E-state index contributed by atoms with van der Waals surface area (Å²) in [6, 6.07) is 3.19. The smallest absolute Gasteiger partial charge is 0.341 e. The Labute approximate surface area is 73.4 Å². The van der Waals surface area contributed by atoms with Crippen LogP contribution < -0.4 is 4.74 Å². The van der Waals surface area contributed by atoms with Crippen LogP contribution in [-0.4, -0.2) is 27.9 Å². The van der Waals surface area contributed by atoms with Crippen molar-refractivity contribution in [2.75, 3.05) is 6.61 Å². The van der Waals surface area contributed by atoms with Crippen LogP contribution in [0.1, 0.15) is 5.56 Å². The highest BCUT2D eigenvalue weighted by atomic mass is 16.5. The van der Waals surface area contributed by atoms with E-state index < -0.39 is 12.6 Å². The van der Waals surface area contributed by atoms with E-state index in [-0.39, 0.29) is 11.4 Å². The summed E-state index contributed by atoms with van der Waals surface area (Å²) in [5.74, 6) is -1.19. The molecular formula is C7H5N3O3. The Balaban J connectivity index is 2.77. The summed E-state index contributed by atoms with van der Waals surface area (Å²) >= 11 is 0. The minimum absolute atomic E-state index is 0.0626. The summed E-state index contributed by atoms with van der Waals surface area (Å²) in [6.07, 6.45) is 1.33. The van der Waals surface area contributed by atoms with Gasteiger partial charge < -0.3 is 9.84 Å². The molecule has 1 rings (SSSR count). The maximum absolute atomic E-state index is 10.1. The number of ether oxygens (including phenoxy) is 1. The first-order valence-electron chi connectivity index (χ1n) is 3.30. The third-order valence-corrected chi connectivity index (χ3v) is 1.14. The van der Waals surface area contributed by atoms with Gasteiger partial charge in [0.2, 0.25) is 0 Å². The van der Waals surface area contributed by atoms with Gasteiger partial charge >= 0.3 is 5.97 Å². The van der Waals surface area contributed by atoms with Crippen molar-refractivity contribution >= 4 is 5.97 Å². The standard InChI is InChI=1S/C7H5N3O3/c8-3-5-1-2-9-10-7(5)13-4-6(11)12/h1-2H,4H2,(H,11,12). The number of nitriles is 1. The topological polar surface area (TPSA) is 96.1 Å². The first kappa shape index (κ1) is 8.93. The molecule has 0 aliphatic heterocycles. The van der Waals surface area contributed by atoms with Crippen LogP contribution >= 0.6 is 0 Å². The van der Waals surface area contributed by atoms with Crippen LogP contribution in [0, 0.1) is 11.3 Å². The molecule has 1 N–H and O–H groups in total. The molecule has 0 aliphatic carbocycles. The van der Waals surface area contributed by atoms with Crippen LogP contribution in [0.15, 0.2) is 12.3 Å². The number of carbonyl (C=O) groups is 1. The average Bonchev–Trinajstić information content (AvgIpc) is 2.15. The molecule has 0 spiro atoms. The number of carboxylic acids is 1. The van der Waals surface area contributed by atoms with E-state index in [1.54, 1.807) is 6.07 Å². The highest BCUT2D eigenvalue weighted by molar-refractivity contribution is 5.68. The molecule has 0 unspecified atom stereocenters. The fraction of sp³-hybridized carbons (Fsp3) is 0.143. The zero-order valence-electron chi connectivity index (χ0n) is 6.47. The quantitative estimate of drug-likeness (QED) is 0.690. The number of rotatable bonds is 3. The van der Waals surface area contributed by atoms with Crippen LogP contribution in [0.25, 0.3) is 0 Å². The lowest BCUT2D eigenvalue weighted by atomic mass is 10.3. The van der Waals surface area contributed by atoms with Gasteiger partial charge in [-0.3, -0.25) is 0 Å². The Kier molecular flexibility index (Phi) is 2.76. The van der Waals surface area contributed by atoms with Gasteiger partial charge in [0, 0.05) is 0 Å². The molecule has 0 fully saturated rings. The highest BCUT2D eigenvalue weighted by Gasteiger charge is 2.06. The van der Waals surface area contributed by atoms with Crippen LogP contribution in [0.3, 0.4) is 0 Å². The number of aliphatic carboxylic acids is 1. The minimum atomic E-state index is -1.13. The van der Waals surface area contributed by atoms with Gasteiger partial charge in [-0.25, -0.2) is 4.79 Å². The molecule has 0 bridgehead atoms. The van der Waals surface area contributed by atoms with Crippen molar-refractivity contribution in [3.8, 4) is 11.9 Å². The van der Waals surface area contributed by atoms with Gasteiger partial charge in [-0.05, 0) is 6.07 Å². The van der Waals surface area contributed by atoms with Gasteiger partial charge in [0.15, 0.2) is 6.61 Å². The molecule has 0 amide bonds. The third kappa shape index (κ3) is 2.41. The van der Waals surface area contributed by atoms with Crippen molar-refractivity contribution < 1.29 is 14.6 Å². The summed E-state index contributed by atoms with van der Waals surface area (Å²) in [7, 11) is 0. The van der Waals surface area contributed by atoms with Crippen LogP contribution in [0.4, 0.5) is 0 Å². The number of aromatic nitrogens is 2. The van der Waals surface area contributed by atoms with Crippen molar-refractivity contribution in [3.05, 3.63) is 17.8 Å². The van der Waals surface area contributed by atoms with Crippen molar-refractivity contribution in [2.45, 2.75) is 0 Å². The molecule has 0 atom stereocenters.